The lowest BCUT2D eigenvalue weighted by Gasteiger charge is -2.27. The van der Waals surface area contributed by atoms with E-state index in [0.717, 1.165) is 5.69 Å². The van der Waals surface area contributed by atoms with Gasteiger partial charge in [0.15, 0.2) is 0 Å². The summed E-state index contributed by atoms with van der Waals surface area (Å²) >= 11 is 1.87. The quantitative estimate of drug-likeness (QED) is 0.402. The summed E-state index contributed by atoms with van der Waals surface area (Å²) in [5, 5.41) is 2.72. The molecule has 5 rings (SSSR count). The Morgan fingerprint density at radius 2 is 1.59 bits per heavy atom. The molecule has 0 radical (unpaired) electrons. The fourth-order valence-corrected chi connectivity index (χ4v) is 5.00. The van der Waals surface area contributed by atoms with Gasteiger partial charge in [0, 0.05) is 37.3 Å². The summed E-state index contributed by atoms with van der Waals surface area (Å²) in [5.74, 6) is 0. The summed E-state index contributed by atoms with van der Waals surface area (Å²) in [6.07, 6.45) is 1.95. The third-order valence-corrected chi connectivity index (χ3v) is 6.06. The minimum Gasteiger partial charge on any atom is -0.255 e. The molecule has 1 nitrogen and oxygen atoms in total. The van der Waals surface area contributed by atoms with Crippen molar-refractivity contribution in [3.63, 3.8) is 0 Å². The number of thiophene rings is 1. The van der Waals surface area contributed by atoms with Gasteiger partial charge in [-0.3, -0.25) is 4.98 Å². The summed E-state index contributed by atoms with van der Waals surface area (Å²) in [4.78, 5) is 4.77. The molecule has 4 aromatic rings. The molecule has 0 N–H and O–H groups in total. The molecule has 0 saturated heterocycles. The van der Waals surface area contributed by atoms with E-state index in [0.29, 0.717) is 0 Å². The van der Waals surface area contributed by atoms with Crippen molar-refractivity contribution in [3.8, 4) is 11.3 Å². The number of hydrogen-bond acceptors (Lipinski definition) is 2. The smallest absolute Gasteiger partial charge is 0.0798 e. The van der Waals surface area contributed by atoms with Gasteiger partial charge in [-0.1, -0.05) is 50.2 Å². The monoisotopic (exact) mass is 301 g/mol. The predicted molar refractivity (Wildman–Crippen MR) is 94.7 cm³/mol. The van der Waals surface area contributed by atoms with Crippen LogP contribution in [0.25, 0.3) is 31.4 Å². The number of aromatic nitrogens is 1. The van der Waals surface area contributed by atoms with Gasteiger partial charge in [0.05, 0.1) is 5.69 Å². The van der Waals surface area contributed by atoms with Gasteiger partial charge >= 0.3 is 0 Å². The Morgan fingerprint density at radius 3 is 2.50 bits per heavy atom. The van der Waals surface area contributed by atoms with Crippen LogP contribution in [0, 0.1) is 0 Å². The molecule has 1 aliphatic carbocycles. The Kier molecular flexibility index (Phi) is 2.23. The predicted octanol–water partition coefficient (Wildman–Crippen LogP) is 5.76. The summed E-state index contributed by atoms with van der Waals surface area (Å²) in [7, 11) is 0. The molecule has 0 bridgehead atoms. The van der Waals surface area contributed by atoms with E-state index < -0.39 is 0 Å². The zero-order chi connectivity index (χ0) is 14.9. The fraction of sp³-hybridized carbons (Fsp3) is 0.150. The van der Waals surface area contributed by atoms with Crippen LogP contribution in [0.3, 0.4) is 0 Å². The van der Waals surface area contributed by atoms with E-state index in [1.54, 1.807) is 0 Å². The first-order chi connectivity index (χ1) is 10.7. The van der Waals surface area contributed by atoms with Crippen molar-refractivity contribution in [2.75, 3.05) is 0 Å². The molecule has 0 atom stereocenters. The molecule has 0 saturated carbocycles. The van der Waals surface area contributed by atoms with Crippen LogP contribution in [-0.2, 0) is 5.41 Å². The average Bonchev–Trinajstić information content (AvgIpc) is 2.89. The van der Waals surface area contributed by atoms with Gasteiger partial charge in [-0.2, -0.15) is 0 Å². The van der Waals surface area contributed by atoms with Crippen LogP contribution in [0.5, 0.6) is 0 Å². The second-order valence-corrected chi connectivity index (χ2v) is 7.57. The maximum absolute atomic E-state index is 4.77. The number of nitrogens with zero attached hydrogens (tertiary/aromatic N) is 1. The highest BCUT2D eigenvalue weighted by Crippen LogP contribution is 2.50. The molecular formula is C20H15NS. The number of pyridine rings is 1. The third kappa shape index (κ3) is 1.36. The van der Waals surface area contributed by atoms with Gasteiger partial charge in [0.25, 0.3) is 0 Å². The first-order valence-corrected chi connectivity index (χ1v) is 8.40. The van der Waals surface area contributed by atoms with Crippen LogP contribution in [0.1, 0.15) is 25.0 Å². The van der Waals surface area contributed by atoms with E-state index >= 15 is 0 Å². The van der Waals surface area contributed by atoms with Crippen molar-refractivity contribution >= 4 is 31.5 Å². The zero-order valence-electron chi connectivity index (χ0n) is 12.6. The molecule has 2 heteroatoms. The van der Waals surface area contributed by atoms with Gasteiger partial charge in [0.1, 0.15) is 0 Å². The minimum absolute atomic E-state index is 0.0230. The first-order valence-electron chi connectivity index (χ1n) is 7.58. The highest BCUT2D eigenvalue weighted by atomic mass is 32.1. The molecule has 106 valence electrons. The number of hydrogen-bond donors (Lipinski definition) is 0. The van der Waals surface area contributed by atoms with Crippen molar-refractivity contribution in [2.45, 2.75) is 19.3 Å². The average molecular weight is 301 g/mol. The van der Waals surface area contributed by atoms with E-state index in [4.69, 9.17) is 4.98 Å². The Balaban J connectivity index is 2.15. The summed E-state index contributed by atoms with van der Waals surface area (Å²) in [5.41, 5.74) is 5.16. The molecular weight excluding hydrogens is 286 g/mol. The second kappa shape index (κ2) is 3.96. The third-order valence-electron chi connectivity index (χ3n) is 4.94. The normalized spacial score (nSPS) is 15.2. The number of fused-ring (bicyclic) bond motifs is 2. The largest absolute Gasteiger partial charge is 0.255 e. The van der Waals surface area contributed by atoms with E-state index in [1.165, 1.54) is 36.9 Å². The topological polar surface area (TPSA) is 12.9 Å². The van der Waals surface area contributed by atoms with Gasteiger partial charge in [-0.15, -0.1) is 11.3 Å². The molecule has 0 fully saturated rings. The molecule has 0 aliphatic heterocycles. The van der Waals surface area contributed by atoms with Gasteiger partial charge in [-0.25, -0.2) is 0 Å². The Morgan fingerprint density at radius 1 is 0.818 bits per heavy atom. The maximum atomic E-state index is 4.77. The van der Waals surface area contributed by atoms with E-state index in [9.17, 15) is 0 Å². The first kappa shape index (κ1) is 12.4. The Labute approximate surface area is 133 Å². The number of benzene rings is 2. The molecule has 2 aromatic carbocycles. The van der Waals surface area contributed by atoms with E-state index in [1.807, 2.05) is 17.5 Å². The van der Waals surface area contributed by atoms with Crippen LogP contribution in [0.4, 0.5) is 0 Å². The van der Waals surface area contributed by atoms with Crippen molar-refractivity contribution in [3.05, 3.63) is 65.9 Å². The molecule has 2 aromatic heterocycles. The second-order valence-electron chi connectivity index (χ2n) is 6.48. The van der Waals surface area contributed by atoms with Crippen molar-refractivity contribution in [1.29, 1.82) is 0 Å². The summed E-state index contributed by atoms with van der Waals surface area (Å²) in [6.45, 7) is 4.66. The SMILES string of the molecule is CC1(C)c2ccccc2-c2nccc3sc4cccc1c4c23. The molecule has 0 amide bonds. The molecule has 0 spiro atoms. The van der Waals surface area contributed by atoms with Crippen LogP contribution in [0.2, 0.25) is 0 Å². The maximum Gasteiger partial charge on any atom is 0.0798 e. The van der Waals surface area contributed by atoms with Crippen LogP contribution in [-0.4, -0.2) is 4.98 Å². The zero-order valence-corrected chi connectivity index (χ0v) is 13.4. The summed E-state index contributed by atoms with van der Waals surface area (Å²) < 4.78 is 2.70. The highest BCUT2D eigenvalue weighted by molar-refractivity contribution is 7.26. The van der Waals surface area contributed by atoms with Gasteiger partial charge < -0.3 is 0 Å². The minimum atomic E-state index is -0.0230. The van der Waals surface area contributed by atoms with Crippen LogP contribution >= 0.6 is 11.3 Å². The lowest BCUT2D eigenvalue weighted by atomic mass is 9.76. The van der Waals surface area contributed by atoms with Crippen LogP contribution < -0.4 is 0 Å². The van der Waals surface area contributed by atoms with Crippen molar-refractivity contribution in [2.24, 2.45) is 0 Å². The Hall–Kier alpha value is -2.19. The van der Waals surface area contributed by atoms with Gasteiger partial charge in [-0.05, 0) is 23.3 Å². The standard InChI is InChI=1S/C20H15NS/c1-20(2)13-7-4-3-6-12(13)19-18-16(10-11-21-19)22-15-9-5-8-14(20)17(15)18/h3-11H,1-2H3. The van der Waals surface area contributed by atoms with E-state index in [2.05, 4.69) is 62.4 Å². The van der Waals surface area contributed by atoms with Gasteiger partial charge in [0.2, 0.25) is 0 Å². The highest BCUT2D eigenvalue weighted by Gasteiger charge is 2.32. The fourth-order valence-electron chi connectivity index (χ4n) is 3.87. The Bertz CT molecular complexity index is 1060. The number of rotatable bonds is 0. The van der Waals surface area contributed by atoms with Crippen molar-refractivity contribution in [1.82, 2.24) is 4.98 Å². The summed E-state index contributed by atoms with van der Waals surface area (Å²) in [6, 6.07) is 17.6. The molecule has 2 heterocycles. The van der Waals surface area contributed by atoms with Crippen LogP contribution in [0.15, 0.2) is 54.7 Å². The van der Waals surface area contributed by atoms with E-state index in [-0.39, 0.29) is 5.41 Å². The lowest BCUT2D eigenvalue weighted by molar-refractivity contribution is 0.650. The lowest BCUT2D eigenvalue weighted by Crippen LogP contribution is -2.19. The van der Waals surface area contributed by atoms with Crippen molar-refractivity contribution < 1.29 is 0 Å². The molecule has 22 heavy (non-hydrogen) atoms. The molecule has 0 unspecified atom stereocenters. The molecule has 1 aliphatic rings.